The third kappa shape index (κ3) is 2.36. The summed E-state index contributed by atoms with van der Waals surface area (Å²) in [6, 6.07) is 10.5. The van der Waals surface area contributed by atoms with Gasteiger partial charge >= 0.3 is 0 Å². The van der Waals surface area contributed by atoms with Gasteiger partial charge in [0.2, 0.25) is 0 Å². The predicted octanol–water partition coefficient (Wildman–Crippen LogP) is 3.36. The zero-order valence-corrected chi connectivity index (χ0v) is 11.1. The Labute approximate surface area is 95.8 Å². The van der Waals surface area contributed by atoms with Crippen molar-refractivity contribution in [3.8, 4) is 10.6 Å². The van der Waals surface area contributed by atoms with E-state index in [0.717, 1.165) is 5.69 Å². The fourth-order valence-electron chi connectivity index (χ4n) is 1.39. The fraction of sp³-hybridized carbons (Fsp3) is 0.250. The number of hydrogen-bond donors (Lipinski definition) is 0. The van der Waals surface area contributed by atoms with Crippen molar-refractivity contribution in [2.75, 3.05) is 0 Å². The van der Waals surface area contributed by atoms with Crippen LogP contribution in [0.15, 0.2) is 36.5 Å². The summed E-state index contributed by atoms with van der Waals surface area (Å²) >= 11 is 1.89. The Kier molecular flexibility index (Phi) is 2.76. The van der Waals surface area contributed by atoms with Crippen LogP contribution in [0.3, 0.4) is 0 Å². The molecule has 0 radical (unpaired) electrons. The SMILES string of the molecule is C[Si](C)(C)c1ccc(-c2ccccn2)s1. The number of nitrogens with zero attached hydrogens (tertiary/aromatic N) is 1. The molecule has 2 aromatic rings. The van der Waals surface area contributed by atoms with Crippen LogP contribution >= 0.6 is 11.3 Å². The second-order valence-electron chi connectivity index (χ2n) is 4.63. The Hall–Kier alpha value is -0.933. The Morgan fingerprint density at radius 2 is 1.87 bits per heavy atom. The molecule has 0 aliphatic carbocycles. The molecule has 2 aromatic heterocycles. The third-order valence-electron chi connectivity index (χ3n) is 2.26. The van der Waals surface area contributed by atoms with Crippen LogP contribution in [0.1, 0.15) is 0 Å². The zero-order valence-electron chi connectivity index (χ0n) is 9.32. The molecule has 0 amide bonds. The van der Waals surface area contributed by atoms with Gasteiger partial charge in [-0.2, -0.15) is 0 Å². The molecule has 0 aliphatic rings. The molecule has 0 atom stereocenters. The molecule has 0 bridgehead atoms. The van der Waals surface area contributed by atoms with Gasteiger partial charge in [0.1, 0.15) is 0 Å². The molecule has 3 heteroatoms. The maximum Gasteiger partial charge on any atom is 0.0904 e. The summed E-state index contributed by atoms with van der Waals surface area (Å²) in [7, 11) is -1.15. The van der Waals surface area contributed by atoms with E-state index in [4.69, 9.17) is 0 Å². The third-order valence-corrected chi connectivity index (χ3v) is 6.97. The number of pyridine rings is 1. The van der Waals surface area contributed by atoms with Crippen LogP contribution in [0.25, 0.3) is 10.6 Å². The van der Waals surface area contributed by atoms with Crippen molar-refractivity contribution in [1.82, 2.24) is 4.98 Å². The van der Waals surface area contributed by atoms with Crippen molar-refractivity contribution in [2.24, 2.45) is 0 Å². The molecule has 2 rings (SSSR count). The number of thiophene rings is 1. The average Bonchev–Trinajstić information content (AvgIpc) is 2.67. The van der Waals surface area contributed by atoms with Gasteiger partial charge in [-0.15, -0.1) is 11.3 Å². The Morgan fingerprint density at radius 1 is 1.07 bits per heavy atom. The lowest BCUT2D eigenvalue weighted by Crippen LogP contribution is -2.34. The van der Waals surface area contributed by atoms with Gasteiger partial charge in [0.25, 0.3) is 0 Å². The summed E-state index contributed by atoms with van der Waals surface area (Å²) in [6.45, 7) is 7.13. The van der Waals surface area contributed by atoms with E-state index in [1.54, 1.807) is 4.50 Å². The average molecular weight is 233 g/mol. The van der Waals surface area contributed by atoms with Gasteiger partial charge in [-0.05, 0) is 22.7 Å². The molecular weight excluding hydrogens is 218 g/mol. The minimum Gasteiger partial charge on any atom is -0.255 e. The highest BCUT2D eigenvalue weighted by atomic mass is 32.1. The van der Waals surface area contributed by atoms with Crippen LogP contribution in [0.2, 0.25) is 19.6 Å². The van der Waals surface area contributed by atoms with Gasteiger partial charge < -0.3 is 0 Å². The Balaban J connectivity index is 2.37. The quantitative estimate of drug-likeness (QED) is 0.725. The van der Waals surface area contributed by atoms with Gasteiger partial charge in [0, 0.05) is 6.20 Å². The second-order valence-corrected chi connectivity index (χ2v) is 11.1. The van der Waals surface area contributed by atoms with E-state index in [-0.39, 0.29) is 0 Å². The first-order valence-electron chi connectivity index (χ1n) is 5.09. The lowest BCUT2D eigenvalue weighted by molar-refractivity contribution is 1.34. The van der Waals surface area contributed by atoms with E-state index in [9.17, 15) is 0 Å². The summed E-state index contributed by atoms with van der Waals surface area (Å²) in [6.07, 6.45) is 1.85. The number of aromatic nitrogens is 1. The summed E-state index contributed by atoms with van der Waals surface area (Å²) in [4.78, 5) is 5.66. The molecule has 0 saturated heterocycles. The van der Waals surface area contributed by atoms with Crippen molar-refractivity contribution >= 4 is 23.9 Å². The van der Waals surface area contributed by atoms with E-state index in [2.05, 4.69) is 42.8 Å². The molecule has 0 unspecified atom stereocenters. The molecule has 1 nitrogen and oxygen atoms in total. The van der Waals surface area contributed by atoms with Gasteiger partial charge in [-0.3, -0.25) is 4.98 Å². The van der Waals surface area contributed by atoms with Crippen molar-refractivity contribution in [3.63, 3.8) is 0 Å². The first kappa shape index (κ1) is 10.6. The summed E-state index contributed by atoms with van der Waals surface area (Å²) in [5.41, 5.74) is 1.09. The number of hydrogen-bond acceptors (Lipinski definition) is 2. The zero-order chi connectivity index (χ0) is 10.9. The summed E-state index contributed by atoms with van der Waals surface area (Å²) < 4.78 is 1.54. The molecule has 0 N–H and O–H groups in total. The van der Waals surface area contributed by atoms with Crippen LogP contribution in [-0.4, -0.2) is 13.1 Å². The van der Waals surface area contributed by atoms with E-state index < -0.39 is 8.07 Å². The van der Waals surface area contributed by atoms with Crippen LogP contribution < -0.4 is 4.50 Å². The van der Waals surface area contributed by atoms with Crippen molar-refractivity contribution in [3.05, 3.63) is 36.5 Å². The standard InChI is InChI=1S/C12H15NSSi/c1-15(2,3)12-8-7-11(14-12)10-6-4-5-9-13-10/h4-9H,1-3H3. The first-order valence-corrected chi connectivity index (χ1v) is 9.41. The normalized spacial score (nSPS) is 11.7. The molecule has 0 spiro atoms. The van der Waals surface area contributed by atoms with Gasteiger partial charge in [-0.25, -0.2) is 0 Å². The minimum atomic E-state index is -1.15. The van der Waals surface area contributed by atoms with Crippen molar-refractivity contribution in [1.29, 1.82) is 0 Å². The highest BCUT2D eigenvalue weighted by Crippen LogP contribution is 2.22. The molecule has 2 heterocycles. The largest absolute Gasteiger partial charge is 0.255 e. The maximum absolute atomic E-state index is 4.37. The maximum atomic E-state index is 4.37. The van der Waals surface area contributed by atoms with Crippen molar-refractivity contribution < 1.29 is 0 Å². The Morgan fingerprint density at radius 3 is 2.40 bits per heavy atom. The van der Waals surface area contributed by atoms with E-state index in [1.807, 2.05) is 29.7 Å². The lowest BCUT2D eigenvalue weighted by atomic mass is 10.3. The molecule has 15 heavy (non-hydrogen) atoms. The minimum absolute atomic E-state index is 1.09. The first-order chi connectivity index (χ1) is 7.07. The lowest BCUT2D eigenvalue weighted by Gasteiger charge is -2.12. The molecule has 0 aromatic carbocycles. The molecule has 0 fully saturated rings. The molecular formula is C12H15NSSi. The highest BCUT2D eigenvalue weighted by Gasteiger charge is 2.18. The van der Waals surface area contributed by atoms with E-state index in [1.165, 1.54) is 4.88 Å². The van der Waals surface area contributed by atoms with Gasteiger partial charge in [0.15, 0.2) is 0 Å². The molecule has 0 aliphatic heterocycles. The van der Waals surface area contributed by atoms with Crippen LogP contribution in [0.4, 0.5) is 0 Å². The molecule has 78 valence electrons. The highest BCUT2D eigenvalue weighted by molar-refractivity contribution is 7.28. The number of rotatable bonds is 2. The van der Waals surface area contributed by atoms with E-state index in [0.29, 0.717) is 0 Å². The second kappa shape index (κ2) is 3.91. The summed E-state index contributed by atoms with van der Waals surface area (Å²) in [5, 5.41) is 0. The van der Waals surface area contributed by atoms with Crippen LogP contribution in [0.5, 0.6) is 0 Å². The van der Waals surface area contributed by atoms with Crippen LogP contribution in [-0.2, 0) is 0 Å². The van der Waals surface area contributed by atoms with E-state index >= 15 is 0 Å². The predicted molar refractivity (Wildman–Crippen MR) is 70.5 cm³/mol. The smallest absolute Gasteiger partial charge is 0.0904 e. The Bertz CT molecular complexity index is 442. The van der Waals surface area contributed by atoms with Crippen LogP contribution in [0, 0.1) is 0 Å². The monoisotopic (exact) mass is 233 g/mol. The summed E-state index contributed by atoms with van der Waals surface area (Å²) in [5.74, 6) is 0. The topological polar surface area (TPSA) is 12.9 Å². The fourth-order valence-corrected chi connectivity index (χ4v) is 4.26. The van der Waals surface area contributed by atoms with Crippen molar-refractivity contribution in [2.45, 2.75) is 19.6 Å². The van der Waals surface area contributed by atoms with Gasteiger partial charge in [-0.1, -0.05) is 31.8 Å². The molecule has 0 saturated carbocycles. The van der Waals surface area contributed by atoms with Gasteiger partial charge in [0.05, 0.1) is 18.6 Å².